The Hall–Kier alpha value is -0.650. The number of nitrogens with one attached hydrogen (secondary N) is 1. The molecule has 4 nitrogen and oxygen atoms in total. The van der Waals surface area contributed by atoms with Crippen LogP contribution < -0.4 is 10.2 Å². The summed E-state index contributed by atoms with van der Waals surface area (Å²) in [5.41, 5.74) is 1.15. The lowest BCUT2D eigenvalue weighted by Gasteiger charge is -2.29. The molecule has 1 N–H and O–H groups in total. The van der Waals surface area contributed by atoms with Crippen molar-refractivity contribution in [2.75, 3.05) is 39.1 Å². The highest BCUT2D eigenvalue weighted by Crippen LogP contribution is 2.27. The van der Waals surface area contributed by atoms with Crippen LogP contribution in [-0.4, -0.2) is 50.2 Å². The molecule has 0 amide bonds. The van der Waals surface area contributed by atoms with E-state index >= 15 is 0 Å². The molecule has 1 aromatic rings. The first-order chi connectivity index (χ1) is 8.49. The molecule has 1 heterocycles. The molecule has 1 aromatic heterocycles. The summed E-state index contributed by atoms with van der Waals surface area (Å²) in [6, 6.07) is 0.484. The predicted octanol–water partition coefficient (Wildman–Crippen LogP) is 1.95. The maximum atomic E-state index is 4.71. The second-order valence-corrected chi connectivity index (χ2v) is 5.99. The summed E-state index contributed by atoms with van der Waals surface area (Å²) >= 11 is 1.81. The molecule has 0 saturated carbocycles. The summed E-state index contributed by atoms with van der Waals surface area (Å²) < 4.78 is 0. The van der Waals surface area contributed by atoms with Crippen molar-refractivity contribution in [2.45, 2.75) is 33.4 Å². The van der Waals surface area contributed by atoms with E-state index in [1.165, 1.54) is 4.88 Å². The van der Waals surface area contributed by atoms with Gasteiger partial charge in [0.1, 0.15) is 0 Å². The fourth-order valence-corrected chi connectivity index (χ4v) is 3.36. The van der Waals surface area contributed by atoms with Gasteiger partial charge in [0, 0.05) is 30.6 Å². The standard InChI is InChI=1S/C13H26N4S/c1-7-17(10(2)9-16(5)6)13-15-11(3)12(18-13)8-14-4/h10,14H,7-9H2,1-6H3. The Kier molecular flexibility index (Phi) is 6.05. The molecule has 1 rings (SSSR count). The highest BCUT2D eigenvalue weighted by molar-refractivity contribution is 7.15. The third kappa shape index (κ3) is 3.93. The highest BCUT2D eigenvalue weighted by Gasteiger charge is 2.18. The summed E-state index contributed by atoms with van der Waals surface area (Å²) in [6.45, 7) is 9.51. The summed E-state index contributed by atoms with van der Waals surface area (Å²) in [5.74, 6) is 0. The van der Waals surface area contributed by atoms with Crippen LogP contribution in [0.5, 0.6) is 0 Å². The molecule has 0 aliphatic heterocycles. The van der Waals surface area contributed by atoms with E-state index in [4.69, 9.17) is 4.98 Å². The van der Waals surface area contributed by atoms with Gasteiger partial charge in [-0.3, -0.25) is 0 Å². The fraction of sp³-hybridized carbons (Fsp3) is 0.769. The molecule has 0 radical (unpaired) electrons. The number of aromatic nitrogens is 1. The lowest BCUT2D eigenvalue weighted by atomic mass is 10.3. The van der Waals surface area contributed by atoms with E-state index in [1.807, 2.05) is 7.05 Å². The zero-order valence-electron chi connectivity index (χ0n) is 12.4. The summed E-state index contributed by atoms with van der Waals surface area (Å²) in [5, 5.41) is 4.35. The van der Waals surface area contributed by atoms with Gasteiger partial charge in [0.25, 0.3) is 0 Å². The van der Waals surface area contributed by atoms with Crippen molar-refractivity contribution < 1.29 is 0 Å². The van der Waals surface area contributed by atoms with Gasteiger partial charge < -0.3 is 15.1 Å². The first kappa shape index (κ1) is 15.4. The van der Waals surface area contributed by atoms with Crippen molar-refractivity contribution in [1.82, 2.24) is 15.2 Å². The molecule has 0 saturated heterocycles. The number of hydrogen-bond donors (Lipinski definition) is 1. The van der Waals surface area contributed by atoms with E-state index in [2.05, 4.69) is 50.0 Å². The SMILES string of the molecule is CCN(c1nc(C)c(CNC)s1)C(C)CN(C)C. The van der Waals surface area contributed by atoms with Crippen LogP contribution in [0.25, 0.3) is 0 Å². The molecule has 18 heavy (non-hydrogen) atoms. The first-order valence-electron chi connectivity index (χ1n) is 6.51. The van der Waals surface area contributed by atoms with E-state index in [0.29, 0.717) is 6.04 Å². The second kappa shape index (κ2) is 7.07. The van der Waals surface area contributed by atoms with Gasteiger partial charge in [0.2, 0.25) is 0 Å². The molecule has 0 spiro atoms. The number of hydrogen-bond acceptors (Lipinski definition) is 5. The maximum Gasteiger partial charge on any atom is 0.186 e. The Morgan fingerprint density at radius 3 is 2.56 bits per heavy atom. The van der Waals surface area contributed by atoms with Crippen molar-refractivity contribution in [3.05, 3.63) is 10.6 Å². The minimum absolute atomic E-state index is 0.484. The van der Waals surface area contributed by atoms with Gasteiger partial charge in [-0.2, -0.15) is 0 Å². The minimum atomic E-state index is 0.484. The number of likely N-dealkylation sites (N-methyl/N-ethyl adjacent to an activating group) is 2. The zero-order valence-corrected chi connectivity index (χ0v) is 13.3. The normalized spacial score (nSPS) is 13.1. The van der Waals surface area contributed by atoms with Crippen LogP contribution in [0.4, 0.5) is 5.13 Å². The second-order valence-electron chi connectivity index (χ2n) is 4.93. The molecular weight excluding hydrogens is 244 g/mol. The van der Waals surface area contributed by atoms with Crippen molar-refractivity contribution in [3.8, 4) is 0 Å². The summed E-state index contributed by atoms with van der Waals surface area (Å²) in [7, 11) is 6.21. The minimum Gasteiger partial charge on any atom is -0.344 e. The number of aryl methyl sites for hydroxylation is 1. The highest BCUT2D eigenvalue weighted by atomic mass is 32.1. The van der Waals surface area contributed by atoms with Gasteiger partial charge in [-0.05, 0) is 41.9 Å². The number of rotatable bonds is 7. The van der Waals surface area contributed by atoms with E-state index in [0.717, 1.165) is 30.5 Å². The van der Waals surface area contributed by atoms with Crippen LogP contribution >= 0.6 is 11.3 Å². The Bertz CT molecular complexity index is 362. The van der Waals surface area contributed by atoms with Gasteiger partial charge in [-0.1, -0.05) is 0 Å². The van der Waals surface area contributed by atoms with E-state index in [1.54, 1.807) is 11.3 Å². The molecule has 0 bridgehead atoms. The number of nitrogens with zero attached hydrogens (tertiary/aromatic N) is 3. The Morgan fingerprint density at radius 2 is 2.06 bits per heavy atom. The van der Waals surface area contributed by atoms with Gasteiger partial charge in [0.15, 0.2) is 5.13 Å². The van der Waals surface area contributed by atoms with Crippen LogP contribution in [0.3, 0.4) is 0 Å². The Morgan fingerprint density at radius 1 is 1.39 bits per heavy atom. The van der Waals surface area contributed by atoms with Crippen LogP contribution in [-0.2, 0) is 6.54 Å². The third-order valence-electron chi connectivity index (χ3n) is 2.97. The molecular formula is C13H26N4S. The van der Waals surface area contributed by atoms with E-state index in [9.17, 15) is 0 Å². The van der Waals surface area contributed by atoms with Gasteiger partial charge in [0.05, 0.1) is 5.69 Å². The van der Waals surface area contributed by atoms with Crippen LogP contribution in [0.15, 0.2) is 0 Å². The zero-order chi connectivity index (χ0) is 13.7. The van der Waals surface area contributed by atoms with Gasteiger partial charge >= 0.3 is 0 Å². The van der Waals surface area contributed by atoms with E-state index < -0.39 is 0 Å². The third-order valence-corrected chi connectivity index (χ3v) is 4.16. The fourth-order valence-electron chi connectivity index (χ4n) is 2.12. The molecule has 1 atom stereocenters. The number of thiazole rings is 1. The lowest BCUT2D eigenvalue weighted by Crippen LogP contribution is -2.40. The molecule has 104 valence electrons. The first-order valence-corrected chi connectivity index (χ1v) is 7.33. The van der Waals surface area contributed by atoms with Crippen molar-refractivity contribution in [3.63, 3.8) is 0 Å². The van der Waals surface area contributed by atoms with Crippen LogP contribution in [0, 0.1) is 6.92 Å². The monoisotopic (exact) mass is 270 g/mol. The molecule has 0 aliphatic carbocycles. The molecule has 1 unspecified atom stereocenters. The molecule has 0 fully saturated rings. The smallest absolute Gasteiger partial charge is 0.186 e. The van der Waals surface area contributed by atoms with Gasteiger partial charge in [-0.25, -0.2) is 4.98 Å². The number of anilines is 1. The van der Waals surface area contributed by atoms with Crippen molar-refractivity contribution in [2.24, 2.45) is 0 Å². The summed E-state index contributed by atoms with van der Waals surface area (Å²) in [4.78, 5) is 10.7. The Balaban J connectivity index is 2.84. The largest absolute Gasteiger partial charge is 0.344 e. The van der Waals surface area contributed by atoms with Crippen LogP contribution in [0.1, 0.15) is 24.4 Å². The average Bonchev–Trinajstić information content (AvgIpc) is 2.60. The van der Waals surface area contributed by atoms with Gasteiger partial charge in [-0.15, -0.1) is 11.3 Å². The predicted molar refractivity (Wildman–Crippen MR) is 80.7 cm³/mol. The molecule has 5 heteroatoms. The van der Waals surface area contributed by atoms with Crippen molar-refractivity contribution in [1.29, 1.82) is 0 Å². The average molecular weight is 270 g/mol. The lowest BCUT2D eigenvalue weighted by molar-refractivity contribution is 0.373. The van der Waals surface area contributed by atoms with E-state index in [-0.39, 0.29) is 0 Å². The van der Waals surface area contributed by atoms with Crippen molar-refractivity contribution >= 4 is 16.5 Å². The topological polar surface area (TPSA) is 31.4 Å². The maximum absolute atomic E-state index is 4.71. The molecule has 0 aliphatic rings. The quantitative estimate of drug-likeness (QED) is 0.820. The Labute approximate surface area is 115 Å². The van der Waals surface area contributed by atoms with Crippen LogP contribution in [0.2, 0.25) is 0 Å². The molecule has 0 aromatic carbocycles. The summed E-state index contributed by atoms with van der Waals surface area (Å²) in [6.07, 6.45) is 0.